The molecule has 1 N–H and O–H groups in total. The second-order valence-electron chi connectivity index (χ2n) is 6.28. The minimum absolute atomic E-state index is 0.0286. The number of rotatable bonds is 6. The van der Waals surface area contributed by atoms with Gasteiger partial charge in [0.05, 0.1) is 4.92 Å². The van der Waals surface area contributed by atoms with E-state index in [4.69, 9.17) is 14.6 Å². The van der Waals surface area contributed by atoms with Crippen molar-refractivity contribution in [3.8, 4) is 11.5 Å². The number of carbonyl (C=O) groups is 1. The van der Waals surface area contributed by atoms with E-state index < -0.39 is 11.0 Å². The van der Waals surface area contributed by atoms with Crippen LogP contribution in [-0.2, 0) is 6.61 Å². The highest BCUT2D eigenvalue weighted by Gasteiger charge is 2.23. The summed E-state index contributed by atoms with van der Waals surface area (Å²) in [4.78, 5) is 22.7. The first-order valence-corrected chi connectivity index (χ1v) is 8.62. The number of hydrogen-bond donors (Lipinski definition) is 1. The Morgan fingerprint density at radius 2 is 1.85 bits per heavy atom. The number of piperidine rings is 1. The molecule has 0 radical (unpaired) electrons. The van der Waals surface area contributed by atoms with Crippen LogP contribution in [0.1, 0.15) is 18.4 Å². The molecule has 2 aromatic carbocycles. The molecule has 1 saturated heterocycles. The van der Waals surface area contributed by atoms with Crippen LogP contribution in [0.4, 0.5) is 10.5 Å². The molecule has 0 bridgehead atoms. The van der Waals surface area contributed by atoms with E-state index >= 15 is 0 Å². The SMILES string of the molecule is O=C(O)N1CCC(Oc2cccc(OCc3cccc([N+](=O)[O-])c3)c2)CC1. The van der Waals surface area contributed by atoms with Crippen LogP contribution in [-0.4, -0.2) is 40.2 Å². The van der Waals surface area contributed by atoms with Gasteiger partial charge in [0.15, 0.2) is 0 Å². The molecular formula is C19H20N2O6. The average Bonchev–Trinajstić information content (AvgIpc) is 2.67. The maximum Gasteiger partial charge on any atom is 0.407 e. The fourth-order valence-corrected chi connectivity index (χ4v) is 2.92. The van der Waals surface area contributed by atoms with Gasteiger partial charge in [0.25, 0.3) is 5.69 Å². The Labute approximate surface area is 156 Å². The molecule has 1 amide bonds. The lowest BCUT2D eigenvalue weighted by atomic mass is 10.1. The Morgan fingerprint density at radius 3 is 2.56 bits per heavy atom. The van der Waals surface area contributed by atoms with Gasteiger partial charge in [-0.2, -0.15) is 0 Å². The maximum atomic E-state index is 10.9. The van der Waals surface area contributed by atoms with Crippen LogP contribution >= 0.6 is 0 Å². The number of non-ortho nitro benzene ring substituents is 1. The summed E-state index contributed by atoms with van der Waals surface area (Å²) in [6.07, 6.45) is 0.355. The zero-order valence-electron chi connectivity index (χ0n) is 14.6. The molecule has 0 aromatic heterocycles. The van der Waals surface area contributed by atoms with Gasteiger partial charge in [-0.15, -0.1) is 0 Å². The van der Waals surface area contributed by atoms with Gasteiger partial charge in [0, 0.05) is 44.1 Å². The van der Waals surface area contributed by atoms with Crippen LogP contribution < -0.4 is 9.47 Å². The zero-order chi connectivity index (χ0) is 19.2. The summed E-state index contributed by atoms with van der Waals surface area (Å²) in [5.41, 5.74) is 0.734. The van der Waals surface area contributed by atoms with Gasteiger partial charge < -0.3 is 19.5 Å². The normalized spacial score (nSPS) is 14.6. The highest BCUT2D eigenvalue weighted by molar-refractivity contribution is 5.65. The molecule has 1 aliphatic heterocycles. The molecule has 27 heavy (non-hydrogen) atoms. The first-order valence-electron chi connectivity index (χ1n) is 8.62. The fourth-order valence-electron chi connectivity index (χ4n) is 2.92. The van der Waals surface area contributed by atoms with E-state index in [2.05, 4.69) is 0 Å². The Balaban J connectivity index is 1.55. The highest BCUT2D eigenvalue weighted by atomic mass is 16.6. The van der Waals surface area contributed by atoms with Crippen molar-refractivity contribution in [1.82, 2.24) is 4.90 Å². The third kappa shape index (κ3) is 5.10. The number of nitrogens with zero attached hydrogens (tertiary/aromatic N) is 2. The van der Waals surface area contributed by atoms with Crippen molar-refractivity contribution < 1.29 is 24.3 Å². The number of carboxylic acid groups (broad SMARTS) is 1. The van der Waals surface area contributed by atoms with Gasteiger partial charge >= 0.3 is 6.09 Å². The van der Waals surface area contributed by atoms with Crippen LogP contribution in [0.5, 0.6) is 11.5 Å². The van der Waals surface area contributed by atoms with Crippen molar-refractivity contribution in [3.05, 3.63) is 64.2 Å². The Bertz CT molecular complexity index is 817. The lowest BCUT2D eigenvalue weighted by molar-refractivity contribution is -0.384. The van der Waals surface area contributed by atoms with Crippen LogP contribution in [0.2, 0.25) is 0 Å². The lowest BCUT2D eigenvalue weighted by Gasteiger charge is -2.30. The van der Waals surface area contributed by atoms with Crippen molar-refractivity contribution in [2.75, 3.05) is 13.1 Å². The summed E-state index contributed by atoms with van der Waals surface area (Å²) < 4.78 is 11.7. The molecule has 8 heteroatoms. The molecule has 1 aliphatic rings. The van der Waals surface area contributed by atoms with E-state index in [0.29, 0.717) is 43.0 Å². The van der Waals surface area contributed by atoms with Gasteiger partial charge in [0.1, 0.15) is 24.2 Å². The van der Waals surface area contributed by atoms with E-state index in [9.17, 15) is 14.9 Å². The molecule has 0 aliphatic carbocycles. The number of likely N-dealkylation sites (tertiary alicyclic amines) is 1. The van der Waals surface area contributed by atoms with Crippen LogP contribution in [0.25, 0.3) is 0 Å². The Morgan fingerprint density at radius 1 is 1.15 bits per heavy atom. The molecule has 8 nitrogen and oxygen atoms in total. The van der Waals surface area contributed by atoms with Gasteiger partial charge in [-0.25, -0.2) is 4.79 Å². The van der Waals surface area contributed by atoms with Crippen molar-refractivity contribution >= 4 is 11.8 Å². The second-order valence-corrected chi connectivity index (χ2v) is 6.28. The van der Waals surface area contributed by atoms with Crippen molar-refractivity contribution in [3.63, 3.8) is 0 Å². The topological polar surface area (TPSA) is 102 Å². The maximum absolute atomic E-state index is 10.9. The molecular weight excluding hydrogens is 352 g/mol. The summed E-state index contributed by atoms with van der Waals surface area (Å²) >= 11 is 0. The van der Waals surface area contributed by atoms with Gasteiger partial charge in [-0.3, -0.25) is 10.1 Å². The summed E-state index contributed by atoms with van der Waals surface area (Å²) in [7, 11) is 0. The number of benzene rings is 2. The van der Waals surface area contributed by atoms with E-state index in [1.54, 1.807) is 24.3 Å². The first kappa shape index (κ1) is 18.5. The molecule has 1 fully saturated rings. The molecule has 142 valence electrons. The van der Waals surface area contributed by atoms with Crippen LogP contribution in [0.3, 0.4) is 0 Å². The van der Waals surface area contributed by atoms with Crippen LogP contribution in [0.15, 0.2) is 48.5 Å². The number of amides is 1. The van der Waals surface area contributed by atoms with Crippen molar-refractivity contribution in [1.29, 1.82) is 0 Å². The zero-order valence-corrected chi connectivity index (χ0v) is 14.6. The molecule has 0 saturated carbocycles. The lowest BCUT2D eigenvalue weighted by Crippen LogP contribution is -2.41. The predicted octanol–water partition coefficient (Wildman–Crippen LogP) is 3.70. The fraction of sp³-hybridized carbons (Fsp3) is 0.316. The second kappa shape index (κ2) is 8.39. The van der Waals surface area contributed by atoms with Gasteiger partial charge in [-0.05, 0) is 17.7 Å². The molecule has 0 spiro atoms. The molecule has 0 atom stereocenters. The number of hydrogen-bond acceptors (Lipinski definition) is 5. The van der Waals surface area contributed by atoms with E-state index in [1.165, 1.54) is 17.0 Å². The van der Waals surface area contributed by atoms with E-state index in [0.717, 1.165) is 0 Å². The predicted molar refractivity (Wildman–Crippen MR) is 97.1 cm³/mol. The van der Waals surface area contributed by atoms with E-state index in [-0.39, 0.29) is 18.4 Å². The molecule has 0 unspecified atom stereocenters. The largest absolute Gasteiger partial charge is 0.490 e. The quantitative estimate of drug-likeness (QED) is 0.613. The number of ether oxygens (including phenoxy) is 2. The van der Waals surface area contributed by atoms with Crippen molar-refractivity contribution in [2.45, 2.75) is 25.6 Å². The van der Waals surface area contributed by atoms with Crippen LogP contribution in [0, 0.1) is 10.1 Å². The average molecular weight is 372 g/mol. The standard InChI is InChI=1S/C19H20N2O6/c22-19(23)20-9-7-16(8-10-20)27-18-6-2-5-17(12-18)26-13-14-3-1-4-15(11-14)21(24)25/h1-6,11-12,16H,7-10,13H2,(H,22,23). The van der Waals surface area contributed by atoms with Gasteiger partial charge in [-0.1, -0.05) is 18.2 Å². The third-order valence-corrected chi connectivity index (χ3v) is 4.35. The summed E-state index contributed by atoms with van der Waals surface area (Å²) in [5.74, 6) is 1.25. The Hall–Kier alpha value is -3.29. The molecule has 2 aromatic rings. The summed E-state index contributed by atoms with van der Waals surface area (Å²) in [6, 6.07) is 13.5. The minimum Gasteiger partial charge on any atom is -0.490 e. The summed E-state index contributed by atoms with van der Waals surface area (Å²) in [5, 5.41) is 19.8. The summed E-state index contributed by atoms with van der Waals surface area (Å²) in [6.45, 7) is 1.13. The smallest absolute Gasteiger partial charge is 0.407 e. The van der Waals surface area contributed by atoms with Crippen molar-refractivity contribution in [2.24, 2.45) is 0 Å². The van der Waals surface area contributed by atoms with E-state index in [1.807, 2.05) is 12.1 Å². The minimum atomic E-state index is -0.898. The highest BCUT2D eigenvalue weighted by Crippen LogP contribution is 2.24. The first-order chi connectivity index (χ1) is 13.0. The Kier molecular flexibility index (Phi) is 5.75. The van der Waals surface area contributed by atoms with Gasteiger partial charge in [0.2, 0.25) is 0 Å². The number of nitro groups is 1. The molecule has 1 heterocycles. The monoisotopic (exact) mass is 372 g/mol. The number of nitro benzene ring substituents is 1. The molecule has 3 rings (SSSR count). The third-order valence-electron chi connectivity index (χ3n) is 4.35.